The number of aromatic nitrogens is 2. The number of halogens is 2. The number of rotatable bonds is 6. The van der Waals surface area contributed by atoms with E-state index in [0.29, 0.717) is 11.4 Å². The van der Waals surface area contributed by atoms with Gasteiger partial charge in [0, 0.05) is 51.0 Å². The fourth-order valence-electron chi connectivity index (χ4n) is 4.55. The van der Waals surface area contributed by atoms with Crippen molar-refractivity contribution in [2.45, 2.75) is 19.4 Å². The van der Waals surface area contributed by atoms with Crippen molar-refractivity contribution in [3.63, 3.8) is 0 Å². The Bertz CT molecular complexity index is 1280. The maximum atomic E-state index is 15.1. The van der Waals surface area contributed by atoms with E-state index >= 15 is 4.39 Å². The topological polar surface area (TPSA) is 82.6 Å². The average Bonchev–Trinajstić information content (AvgIpc) is 2.84. The van der Waals surface area contributed by atoms with E-state index in [9.17, 15) is 9.18 Å². The van der Waals surface area contributed by atoms with Crippen molar-refractivity contribution in [2.24, 2.45) is 0 Å². The molecule has 1 aromatic heterocycles. The second-order valence-electron chi connectivity index (χ2n) is 9.00. The minimum Gasteiger partial charge on any atom is -0.496 e. The Morgan fingerprint density at radius 3 is 2.67 bits per heavy atom. The maximum absolute atomic E-state index is 15.1. The molecule has 0 unspecified atom stereocenters. The van der Waals surface area contributed by atoms with Gasteiger partial charge in [0.25, 0.3) is 5.91 Å². The molecule has 0 radical (unpaired) electrons. The average molecular weight is 495 g/mol. The van der Waals surface area contributed by atoms with Crippen molar-refractivity contribution < 1.29 is 18.3 Å². The molecule has 1 atom stereocenters. The van der Waals surface area contributed by atoms with Crippen LogP contribution in [0.25, 0.3) is 11.4 Å². The summed E-state index contributed by atoms with van der Waals surface area (Å²) in [7, 11) is 1.42. The molecule has 0 saturated carbocycles. The molecule has 0 bridgehead atoms. The number of hydrogen-bond acceptors (Lipinski definition) is 7. The van der Waals surface area contributed by atoms with Crippen LogP contribution in [-0.4, -0.2) is 61.8 Å². The van der Waals surface area contributed by atoms with E-state index in [4.69, 9.17) is 4.74 Å². The lowest BCUT2D eigenvalue weighted by molar-refractivity contribution is 0.102. The standard InChI is InChI=1S/C26H28F2N6O2/c1-16-15-34(12-9-29-16)22-14-21(33-10-4-11-33)18(28)13-20(22)32-26(35)19-7-8-30-25(31-19)24-17(27)5-3-6-23(24)36-2/h3,5-8,13-14,16,29H,4,9-12,15H2,1-2H3,(H,32,35)/t16-/m0/s1. The van der Waals surface area contributed by atoms with Gasteiger partial charge >= 0.3 is 0 Å². The summed E-state index contributed by atoms with van der Waals surface area (Å²) in [4.78, 5) is 25.8. The fourth-order valence-corrected chi connectivity index (χ4v) is 4.55. The van der Waals surface area contributed by atoms with Gasteiger partial charge in [-0.1, -0.05) is 6.07 Å². The first-order valence-corrected chi connectivity index (χ1v) is 12.0. The van der Waals surface area contributed by atoms with Crippen LogP contribution in [0.2, 0.25) is 0 Å². The summed E-state index contributed by atoms with van der Waals surface area (Å²) in [5, 5.41) is 6.23. The Kier molecular flexibility index (Phi) is 6.69. The van der Waals surface area contributed by atoms with E-state index in [1.54, 1.807) is 6.07 Å². The van der Waals surface area contributed by atoms with Gasteiger partial charge < -0.3 is 25.2 Å². The van der Waals surface area contributed by atoms with Crippen molar-refractivity contribution in [1.82, 2.24) is 15.3 Å². The highest BCUT2D eigenvalue weighted by Crippen LogP contribution is 2.36. The molecule has 2 aliphatic rings. The molecule has 0 aliphatic carbocycles. The van der Waals surface area contributed by atoms with Crippen molar-refractivity contribution in [2.75, 3.05) is 55.0 Å². The Balaban J connectivity index is 1.48. The van der Waals surface area contributed by atoms with Gasteiger partial charge in [0.05, 0.1) is 29.7 Å². The highest BCUT2D eigenvalue weighted by molar-refractivity contribution is 6.05. The maximum Gasteiger partial charge on any atom is 0.274 e. The van der Waals surface area contributed by atoms with E-state index < -0.39 is 17.5 Å². The number of carbonyl (C=O) groups is 1. The number of amides is 1. The highest BCUT2D eigenvalue weighted by atomic mass is 19.1. The molecule has 36 heavy (non-hydrogen) atoms. The molecule has 3 heterocycles. The van der Waals surface area contributed by atoms with Gasteiger partial charge in [0.1, 0.15) is 23.1 Å². The number of hydrogen-bond donors (Lipinski definition) is 2. The lowest BCUT2D eigenvalue weighted by Crippen LogP contribution is -2.49. The van der Waals surface area contributed by atoms with E-state index in [-0.39, 0.29) is 28.9 Å². The SMILES string of the molecule is COc1cccc(F)c1-c1nccc(C(=O)Nc2cc(F)c(N3CCC3)cc2N2CCN[C@@H](C)C2)n1. The molecule has 2 fully saturated rings. The number of piperazine rings is 1. The van der Waals surface area contributed by atoms with Crippen molar-refractivity contribution in [3.8, 4) is 17.1 Å². The van der Waals surface area contributed by atoms with Gasteiger partial charge in [-0.3, -0.25) is 4.79 Å². The van der Waals surface area contributed by atoms with E-state index in [1.807, 2.05) is 11.0 Å². The van der Waals surface area contributed by atoms with Crippen molar-refractivity contribution in [1.29, 1.82) is 0 Å². The lowest BCUT2D eigenvalue weighted by Gasteiger charge is -2.37. The zero-order valence-electron chi connectivity index (χ0n) is 20.2. The van der Waals surface area contributed by atoms with Gasteiger partial charge in [-0.15, -0.1) is 0 Å². The van der Waals surface area contributed by atoms with Crippen LogP contribution < -0.4 is 25.2 Å². The second-order valence-corrected chi connectivity index (χ2v) is 9.00. The van der Waals surface area contributed by atoms with E-state index in [0.717, 1.165) is 44.8 Å². The van der Waals surface area contributed by atoms with Gasteiger partial charge in [0.2, 0.25) is 0 Å². The monoisotopic (exact) mass is 494 g/mol. The molecule has 0 spiro atoms. The molecule has 2 aliphatic heterocycles. The lowest BCUT2D eigenvalue weighted by atomic mass is 10.1. The summed E-state index contributed by atoms with van der Waals surface area (Å²) in [5.74, 6) is -1.23. The van der Waals surface area contributed by atoms with Crippen LogP contribution in [0.1, 0.15) is 23.8 Å². The van der Waals surface area contributed by atoms with Crippen LogP contribution in [0.4, 0.5) is 25.8 Å². The zero-order valence-corrected chi connectivity index (χ0v) is 20.2. The first kappa shape index (κ1) is 23.9. The van der Waals surface area contributed by atoms with Gasteiger partial charge in [-0.05, 0) is 37.6 Å². The number of anilines is 3. The number of ether oxygens (including phenoxy) is 1. The summed E-state index contributed by atoms with van der Waals surface area (Å²) in [6, 6.07) is 9.26. The third-order valence-electron chi connectivity index (χ3n) is 6.53. The quantitative estimate of drug-likeness (QED) is 0.541. The van der Waals surface area contributed by atoms with E-state index in [2.05, 4.69) is 32.4 Å². The molecule has 3 aromatic rings. The molecule has 5 rings (SSSR count). The van der Waals surface area contributed by atoms with E-state index in [1.165, 1.54) is 37.6 Å². The molecule has 2 saturated heterocycles. The number of nitrogens with one attached hydrogen (secondary N) is 2. The summed E-state index contributed by atoms with van der Waals surface area (Å²) in [6.45, 7) is 5.93. The Morgan fingerprint density at radius 1 is 1.11 bits per heavy atom. The van der Waals surface area contributed by atoms with Crippen LogP contribution in [0, 0.1) is 11.6 Å². The molecule has 188 valence electrons. The third-order valence-corrected chi connectivity index (χ3v) is 6.53. The van der Waals surface area contributed by atoms with Gasteiger partial charge in [-0.2, -0.15) is 0 Å². The molecular weight excluding hydrogens is 466 g/mol. The van der Waals surface area contributed by atoms with Crippen LogP contribution in [0.3, 0.4) is 0 Å². The van der Waals surface area contributed by atoms with Gasteiger partial charge in [0.15, 0.2) is 5.82 Å². The summed E-state index contributed by atoms with van der Waals surface area (Å²) in [6.07, 6.45) is 2.41. The number of carbonyl (C=O) groups excluding carboxylic acids is 1. The molecule has 2 aromatic carbocycles. The number of nitrogens with zero attached hydrogens (tertiary/aromatic N) is 4. The fraction of sp³-hybridized carbons (Fsp3) is 0.346. The number of methoxy groups -OCH3 is 1. The minimum atomic E-state index is -0.564. The second kappa shape index (κ2) is 10.1. The third kappa shape index (κ3) is 4.68. The first-order valence-electron chi connectivity index (χ1n) is 12.0. The number of benzene rings is 2. The van der Waals surface area contributed by atoms with Crippen LogP contribution in [0.15, 0.2) is 42.6 Å². The van der Waals surface area contributed by atoms with Gasteiger partial charge in [-0.25, -0.2) is 18.7 Å². The highest BCUT2D eigenvalue weighted by Gasteiger charge is 2.26. The predicted octanol–water partition coefficient (Wildman–Crippen LogP) is 3.69. The molecule has 8 nitrogen and oxygen atoms in total. The predicted molar refractivity (Wildman–Crippen MR) is 135 cm³/mol. The normalized spacial score (nSPS) is 17.5. The van der Waals surface area contributed by atoms with Crippen LogP contribution in [0.5, 0.6) is 5.75 Å². The summed E-state index contributed by atoms with van der Waals surface area (Å²) >= 11 is 0. The Hall–Kier alpha value is -3.79. The molecule has 2 N–H and O–H groups in total. The smallest absolute Gasteiger partial charge is 0.274 e. The first-order chi connectivity index (χ1) is 17.4. The van der Waals surface area contributed by atoms with Crippen molar-refractivity contribution in [3.05, 3.63) is 59.9 Å². The van der Waals surface area contributed by atoms with Crippen LogP contribution in [-0.2, 0) is 0 Å². The minimum absolute atomic E-state index is 0.0214. The molecular formula is C26H28F2N6O2. The van der Waals surface area contributed by atoms with Crippen LogP contribution >= 0.6 is 0 Å². The largest absolute Gasteiger partial charge is 0.496 e. The molecule has 1 amide bonds. The Morgan fingerprint density at radius 2 is 1.94 bits per heavy atom. The summed E-state index contributed by atoms with van der Waals surface area (Å²) < 4.78 is 34.9. The Labute approximate surface area is 208 Å². The van der Waals surface area contributed by atoms with Crippen molar-refractivity contribution >= 4 is 23.0 Å². The zero-order chi connectivity index (χ0) is 25.2. The molecule has 10 heteroatoms. The summed E-state index contributed by atoms with van der Waals surface area (Å²) in [5.41, 5.74) is 1.74.